The maximum Gasteiger partial charge on any atom is 0.348 e. The van der Waals surface area contributed by atoms with Crippen molar-refractivity contribution < 1.29 is 9.53 Å². The molecule has 1 aromatic carbocycles. The average molecular weight is 274 g/mol. The van der Waals surface area contributed by atoms with Gasteiger partial charge < -0.3 is 4.74 Å². The van der Waals surface area contributed by atoms with Gasteiger partial charge in [-0.25, -0.2) is 4.79 Å². The predicted octanol–water partition coefficient (Wildman–Crippen LogP) is 4.89. The molecular formula is C16H18O2S. The van der Waals surface area contributed by atoms with Crippen LogP contribution in [0.5, 0.6) is 0 Å². The van der Waals surface area contributed by atoms with Crippen LogP contribution in [0.4, 0.5) is 0 Å². The van der Waals surface area contributed by atoms with Gasteiger partial charge in [0.05, 0.1) is 6.61 Å². The van der Waals surface area contributed by atoms with E-state index in [9.17, 15) is 4.79 Å². The number of hydrogen-bond acceptors (Lipinski definition) is 3. The Morgan fingerprint density at radius 3 is 2.89 bits per heavy atom. The highest BCUT2D eigenvalue weighted by Crippen LogP contribution is 2.27. The minimum atomic E-state index is -0.230. The Morgan fingerprint density at radius 1 is 1.32 bits per heavy atom. The van der Waals surface area contributed by atoms with Gasteiger partial charge in [-0.05, 0) is 42.5 Å². The van der Waals surface area contributed by atoms with Crippen LogP contribution in [0.15, 0.2) is 30.3 Å². The first-order chi connectivity index (χ1) is 9.24. The zero-order valence-electron chi connectivity index (χ0n) is 11.3. The fourth-order valence-electron chi connectivity index (χ4n) is 1.85. The second-order valence-corrected chi connectivity index (χ2v) is 5.40. The van der Waals surface area contributed by atoms with E-state index in [1.807, 2.05) is 13.0 Å². The summed E-state index contributed by atoms with van der Waals surface area (Å²) in [6.07, 6.45) is 6.56. The molecule has 19 heavy (non-hydrogen) atoms. The van der Waals surface area contributed by atoms with Crippen LogP contribution in [0.1, 0.15) is 41.9 Å². The van der Waals surface area contributed by atoms with Gasteiger partial charge in [-0.1, -0.05) is 31.6 Å². The number of esters is 1. The fraction of sp³-hybridized carbons (Fsp3) is 0.312. The first-order valence-corrected chi connectivity index (χ1v) is 7.43. The Balaban J connectivity index is 2.25. The SMILES string of the molecule is CCCC=Cc1ccc2sc(C(=O)OCC)cc2c1. The molecule has 100 valence electrons. The van der Waals surface area contributed by atoms with E-state index in [1.165, 1.54) is 16.9 Å². The molecule has 0 fully saturated rings. The van der Waals surface area contributed by atoms with Crippen molar-refractivity contribution in [1.29, 1.82) is 0 Å². The van der Waals surface area contributed by atoms with Gasteiger partial charge in [-0.3, -0.25) is 0 Å². The Hall–Kier alpha value is -1.61. The largest absolute Gasteiger partial charge is 0.462 e. The quantitative estimate of drug-likeness (QED) is 0.725. The number of unbranched alkanes of at least 4 members (excludes halogenated alkanes) is 1. The number of allylic oxidation sites excluding steroid dienone is 1. The van der Waals surface area contributed by atoms with Gasteiger partial charge in [0, 0.05) is 4.70 Å². The minimum Gasteiger partial charge on any atom is -0.462 e. The standard InChI is InChI=1S/C16H18O2S/c1-3-5-6-7-12-8-9-14-13(10-12)11-15(19-14)16(17)18-4-2/h6-11H,3-5H2,1-2H3. The second kappa shape index (κ2) is 6.53. The monoisotopic (exact) mass is 274 g/mol. The third-order valence-corrected chi connectivity index (χ3v) is 3.88. The molecule has 0 spiro atoms. The van der Waals surface area contributed by atoms with Crippen molar-refractivity contribution in [2.45, 2.75) is 26.7 Å². The lowest BCUT2D eigenvalue weighted by Crippen LogP contribution is -2.01. The van der Waals surface area contributed by atoms with E-state index >= 15 is 0 Å². The first kappa shape index (κ1) is 13.8. The van der Waals surface area contributed by atoms with Crippen LogP contribution in [-0.4, -0.2) is 12.6 Å². The Kier molecular flexibility index (Phi) is 4.74. The fourth-order valence-corrected chi connectivity index (χ4v) is 2.79. The van der Waals surface area contributed by atoms with Crippen LogP contribution >= 0.6 is 11.3 Å². The van der Waals surface area contributed by atoms with Crippen LogP contribution < -0.4 is 0 Å². The van der Waals surface area contributed by atoms with Gasteiger partial charge in [0.15, 0.2) is 0 Å². The van der Waals surface area contributed by atoms with E-state index in [0.717, 1.165) is 22.9 Å². The number of thiophene rings is 1. The molecular weight excluding hydrogens is 256 g/mol. The van der Waals surface area contributed by atoms with Gasteiger partial charge in [0.25, 0.3) is 0 Å². The summed E-state index contributed by atoms with van der Waals surface area (Å²) in [4.78, 5) is 12.4. The number of hydrogen-bond donors (Lipinski definition) is 0. The summed E-state index contributed by atoms with van der Waals surface area (Å²) in [5, 5.41) is 1.10. The van der Waals surface area contributed by atoms with Crippen molar-refractivity contribution in [2.75, 3.05) is 6.61 Å². The molecule has 0 N–H and O–H groups in total. The normalized spacial score (nSPS) is 11.3. The highest BCUT2D eigenvalue weighted by molar-refractivity contribution is 7.20. The zero-order valence-corrected chi connectivity index (χ0v) is 12.1. The van der Waals surface area contributed by atoms with Crippen molar-refractivity contribution in [3.8, 4) is 0 Å². The lowest BCUT2D eigenvalue weighted by atomic mass is 10.1. The number of benzene rings is 1. The number of ether oxygens (including phenoxy) is 1. The third-order valence-electron chi connectivity index (χ3n) is 2.78. The van der Waals surface area contributed by atoms with Gasteiger partial charge in [0.2, 0.25) is 0 Å². The number of fused-ring (bicyclic) bond motifs is 1. The Morgan fingerprint density at radius 2 is 2.16 bits per heavy atom. The summed E-state index contributed by atoms with van der Waals surface area (Å²) >= 11 is 1.48. The minimum absolute atomic E-state index is 0.230. The van der Waals surface area contributed by atoms with Crippen LogP contribution in [0.2, 0.25) is 0 Å². The molecule has 0 bridgehead atoms. The summed E-state index contributed by atoms with van der Waals surface area (Å²) in [6.45, 7) is 4.40. The maximum atomic E-state index is 11.7. The van der Waals surface area contributed by atoms with E-state index in [2.05, 4.69) is 37.3 Å². The lowest BCUT2D eigenvalue weighted by Gasteiger charge is -1.95. The van der Waals surface area contributed by atoms with E-state index in [-0.39, 0.29) is 5.97 Å². The molecule has 0 aliphatic heterocycles. The molecule has 0 radical (unpaired) electrons. The van der Waals surface area contributed by atoms with E-state index < -0.39 is 0 Å². The summed E-state index contributed by atoms with van der Waals surface area (Å²) < 4.78 is 6.15. The predicted molar refractivity (Wildman–Crippen MR) is 81.7 cm³/mol. The van der Waals surface area contributed by atoms with Gasteiger partial charge in [-0.15, -0.1) is 11.3 Å². The van der Waals surface area contributed by atoms with Gasteiger partial charge in [-0.2, -0.15) is 0 Å². The number of rotatable bonds is 5. The van der Waals surface area contributed by atoms with Crippen molar-refractivity contribution in [1.82, 2.24) is 0 Å². The van der Waals surface area contributed by atoms with E-state index in [1.54, 1.807) is 0 Å². The van der Waals surface area contributed by atoms with Gasteiger partial charge >= 0.3 is 5.97 Å². The molecule has 0 saturated heterocycles. The topological polar surface area (TPSA) is 26.3 Å². The van der Waals surface area contributed by atoms with Crippen LogP contribution in [0, 0.1) is 0 Å². The molecule has 0 saturated carbocycles. The smallest absolute Gasteiger partial charge is 0.348 e. The van der Waals surface area contributed by atoms with Crippen molar-refractivity contribution in [3.63, 3.8) is 0 Å². The molecule has 0 aliphatic carbocycles. The Bertz CT molecular complexity index is 596. The van der Waals surface area contributed by atoms with Crippen LogP contribution in [0.25, 0.3) is 16.2 Å². The molecule has 2 aromatic rings. The molecule has 3 heteroatoms. The zero-order chi connectivity index (χ0) is 13.7. The number of carbonyl (C=O) groups excluding carboxylic acids is 1. The van der Waals surface area contributed by atoms with Crippen LogP contribution in [-0.2, 0) is 4.74 Å². The Labute approximate surface area is 117 Å². The van der Waals surface area contributed by atoms with Crippen LogP contribution in [0.3, 0.4) is 0 Å². The molecule has 2 rings (SSSR count). The molecule has 1 heterocycles. The highest BCUT2D eigenvalue weighted by atomic mass is 32.1. The van der Waals surface area contributed by atoms with E-state index in [0.29, 0.717) is 11.5 Å². The third kappa shape index (κ3) is 3.44. The highest BCUT2D eigenvalue weighted by Gasteiger charge is 2.10. The number of carbonyl (C=O) groups is 1. The van der Waals surface area contributed by atoms with Crippen molar-refractivity contribution in [3.05, 3.63) is 40.8 Å². The molecule has 2 nitrogen and oxygen atoms in total. The summed E-state index contributed by atoms with van der Waals surface area (Å²) in [5.74, 6) is -0.230. The van der Waals surface area contributed by atoms with Crippen molar-refractivity contribution in [2.24, 2.45) is 0 Å². The molecule has 0 atom stereocenters. The van der Waals surface area contributed by atoms with Gasteiger partial charge in [0.1, 0.15) is 4.88 Å². The first-order valence-electron chi connectivity index (χ1n) is 6.62. The molecule has 0 unspecified atom stereocenters. The summed E-state index contributed by atoms with van der Waals surface area (Å²) in [5.41, 5.74) is 1.18. The summed E-state index contributed by atoms with van der Waals surface area (Å²) in [7, 11) is 0. The molecule has 0 aliphatic rings. The van der Waals surface area contributed by atoms with Crippen molar-refractivity contribution >= 4 is 33.5 Å². The van der Waals surface area contributed by atoms with E-state index in [4.69, 9.17) is 4.74 Å². The molecule has 0 amide bonds. The lowest BCUT2D eigenvalue weighted by molar-refractivity contribution is 0.0532. The maximum absolute atomic E-state index is 11.7. The summed E-state index contributed by atoms with van der Waals surface area (Å²) in [6, 6.07) is 8.17. The average Bonchev–Trinajstić information content (AvgIpc) is 2.82. The second-order valence-electron chi connectivity index (χ2n) is 4.32. The molecule has 1 aromatic heterocycles.